The number of nitrogen functional groups attached to an aromatic ring is 1. The highest BCUT2D eigenvalue weighted by Crippen LogP contribution is 2.25. The van der Waals surface area contributed by atoms with E-state index < -0.39 is 22.0 Å². The summed E-state index contributed by atoms with van der Waals surface area (Å²) in [6, 6.07) is 5.36. The van der Waals surface area contributed by atoms with Crippen LogP contribution in [0.25, 0.3) is 10.9 Å². The number of likely N-dealkylation sites (N-methyl/N-ethyl adjacent to an activating group) is 1. The Labute approximate surface area is 122 Å². The molecule has 4 N–H and O–H groups in total. The molecule has 0 aliphatic heterocycles. The number of sulfonamides is 1. The molecule has 1 atom stereocenters. The second-order valence-corrected chi connectivity index (χ2v) is 6.19. The molecule has 2 aromatic rings. The van der Waals surface area contributed by atoms with Crippen molar-refractivity contribution in [3.8, 4) is 0 Å². The number of pyridine rings is 1. The summed E-state index contributed by atoms with van der Waals surface area (Å²) >= 11 is 0. The molecule has 0 aliphatic carbocycles. The third-order valence-corrected chi connectivity index (χ3v) is 4.60. The number of carbonyl (C=O) groups excluding carboxylic acids is 1. The van der Waals surface area contributed by atoms with E-state index in [1.165, 1.54) is 32.3 Å². The lowest BCUT2D eigenvalue weighted by molar-refractivity contribution is -0.121. The zero-order valence-corrected chi connectivity index (χ0v) is 12.4. The van der Waals surface area contributed by atoms with Crippen LogP contribution >= 0.6 is 0 Å². The molecule has 1 unspecified atom stereocenters. The lowest BCUT2D eigenvalue weighted by atomic mass is 10.2. The molecule has 112 valence electrons. The van der Waals surface area contributed by atoms with Gasteiger partial charge in [-0.25, -0.2) is 8.42 Å². The first kappa shape index (κ1) is 15.2. The highest BCUT2D eigenvalue weighted by Gasteiger charge is 2.24. The Morgan fingerprint density at radius 2 is 2.05 bits per heavy atom. The summed E-state index contributed by atoms with van der Waals surface area (Å²) in [5.41, 5.74) is 6.53. The fraction of sp³-hybridized carbons (Fsp3) is 0.231. The maximum atomic E-state index is 12.4. The molecule has 21 heavy (non-hydrogen) atoms. The summed E-state index contributed by atoms with van der Waals surface area (Å²) in [4.78, 5) is 15.5. The predicted molar refractivity (Wildman–Crippen MR) is 80.0 cm³/mol. The minimum absolute atomic E-state index is 0.0111. The molecule has 7 nitrogen and oxygen atoms in total. The van der Waals surface area contributed by atoms with Gasteiger partial charge in [0, 0.05) is 24.3 Å². The maximum absolute atomic E-state index is 12.4. The molecule has 0 bridgehead atoms. The Hall–Kier alpha value is -2.19. The Morgan fingerprint density at radius 3 is 2.71 bits per heavy atom. The fourth-order valence-electron chi connectivity index (χ4n) is 1.95. The van der Waals surface area contributed by atoms with Crippen LogP contribution in [0.2, 0.25) is 0 Å². The molecule has 0 saturated carbocycles. The van der Waals surface area contributed by atoms with Gasteiger partial charge in [0.15, 0.2) is 0 Å². The van der Waals surface area contributed by atoms with Gasteiger partial charge in [-0.15, -0.1) is 0 Å². The number of benzene rings is 1. The highest BCUT2D eigenvalue weighted by atomic mass is 32.2. The molecular formula is C13H16N4O3S. The zero-order chi connectivity index (χ0) is 15.6. The number of carbonyl (C=O) groups is 1. The van der Waals surface area contributed by atoms with E-state index in [0.717, 1.165) is 0 Å². The number of nitrogens with zero attached hydrogens (tertiary/aromatic N) is 1. The van der Waals surface area contributed by atoms with E-state index in [1.807, 2.05) is 0 Å². The number of rotatable bonds is 4. The van der Waals surface area contributed by atoms with E-state index >= 15 is 0 Å². The van der Waals surface area contributed by atoms with Gasteiger partial charge in [-0.3, -0.25) is 9.78 Å². The normalized spacial score (nSPS) is 13.0. The van der Waals surface area contributed by atoms with Crippen LogP contribution in [0.1, 0.15) is 6.92 Å². The van der Waals surface area contributed by atoms with Gasteiger partial charge in [0.25, 0.3) is 0 Å². The number of anilines is 1. The number of fused-ring (bicyclic) bond motifs is 1. The van der Waals surface area contributed by atoms with E-state index in [4.69, 9.17) is 5.73 Å². The number of amides is 1. The van der Waals surface area contributed by atoms with Crippen molar-refractivity contribution in [3.05, 3.63) is 30.5 Å². The Kier molecular flexibility index (Phi) is 4.10. The van der Waals surface area contributed by atoms with Gasteiger partial charge >= 0.3 is 0 Å². The van der Waals surface area contributed by atoms with Crippen LogP contribution < -0.4 is 15.8 Å². The van der Waals surface area contributed by atoms with E-state index in [0.29, 0.717) is 11.1 Å². The van der Waals surface area contributed by atoms with Crippen LogP contribution in [0.5, 0.6) is 0 Å². The molecule has 0 spiro atoms. The molecule has 1 aromatic heterocycles. The monoisotopic (exact) mass is 308 g/mol. The van der Waals surface area contributed by atoms with Crippen LogP contribution in [0.3, 0.4) is 0 Å². The second kappa shape index (κ2) is 5.66. The van der Waals surface area contributed by atoms with Crippen molar-refractivity contribution in [2.45, 2.75) is 17.9 Å². The zero-order valence-electron chi connectivity index (χ0n) is 11.6. The number of nitrogens with two attached hydrogens (primary N) is 1. The fourth-order valence-corrected chi connectivity index (χ4v) is 3.32. The number of hydrogen-bond acceptors (Lipinski definition) is 5. The predicted octanol–water partition coefficient (Wildman–Crippen LogP) is 0.230. The van der Waals surface area contributed by atoms with E-state index in [1.54, 1.807) is 12.1 Å². The molecule has 0 radical (unpaired) electrons. The van der Waals surface area contributed by atoms with Gasteiger partial charge in [-0.1, -0.05) is 0 Å². The quantitative estimate of drug-likeness (QED) is 0.700. The summed E-state index contributed by atoms with van der Waals surface area (Å²) in [7, 11) is -2.45. The average molecular weight is 308 g/mol. The molecule has 1 amide bonds. The molecule has 0 saturated heterocycles. The Bertz CT molecular complexity index is 789. The van der Waals surface area contributed by atoms with Gasteiger partial charge in [-0.2, -0.15) is 4.72 Å². The van der Waals surface area contributed by atoms with Crippen LogP contribution in [0.15, 0.2) is 35.4 Å². The van der Waals surface area contributed by atoms with Crippen molar-refractivity contribution >= 4 is 32.5 Å². The molecular weight excluding hydrogens is 292 g/mol. The molecule has 1 heterocycles. The smallest absolute Gasteiger partial charge is 0.243 e. The van der Waals surface area contributed by atoms with Crippen LogP contribution in [0, 0.1) is 0 Å². The topological polar surface area (TPSA) is 114 Å². The van der Waals surface area contributed by atoms with Gasteiger partial charge in [-0.05, 0) is 31.2 Å². The summed E-state index contributed by atoms with van der Waals surface area (Å²) < 4.78 is 27.1. The third-order valence-electron chi connectivity index (χ3n) is 3.03. The number of hydrogen-bond donors (Lipinski definition) is 3. The van der Waals surface area contributed by atoms with Crippen LogP contribution in [0.4, 0.5) is 5.69 Å². The summed E-state index contributed by atoms with van der Waals surface area (Å²) in [6.07, 6.45) is 1.49. The SMILES string of the molecule is CNC(=O)C(C)NS(=O)(=O)c1ccc(N)c2cccnc12. The van der Waals surface area contributed by atoms with Crippen molar-refractivity contribution in [1.29, 1.82) is 0 Å². The van der Waals surface area contributed by atoms with Crippen molar-refractivity contribution in [1.82, 2.24) is 15.0 Å². The van der Waals surface area contributed by atoms with Crippen LogP contribution in [-0.4, -0.2) is 32.4 Å². The van der Waals surface area contributed by atoms with Gasteiger partial charge < -0.3 is 11.1 Å². The standard InChI is InChI=1S/C13H16N4O3S/c1-8(13(18)15-2)17-21(19,20)11-6-5-10(14)9-4-3-7-16-12(9)11/h3-8,17H,14H2,1-2H3,(H,15,18). The minimum atomic E-state index is -3.89. The largest absolute Gasteiger partial charge is 0.398 e. The lowest BCUT2D eigenvalue weighted by Crippen LogP contribution is -2.43. The molecule has 0 aliphatic rings. The Morgan fingerprint density at radius 1 is 1.33 bits per heavy atom. The molecule has 0 fully saturated rings. The minimum Gasteiger partial charge on any atom is -0.398 e. The van der Waals surface area contributed by atoms with Crippen molar-refractivity contribution in [2.75, 3.05) is 12.8 Å². The molecule has 8 heteroatoms. The third kappa shape index (κ3) is 2.96. The van der Waals surface area contributed by atoms with Gasteiger partial charge in [0.1, 0.15) is 4.90 Å². The first-order valence-corrected chi connectivity index (χ1v) is 7.72. The van der Waals surface area contributed by atoms with Crippen molar-refractivity contribution in [3.63, 3.8) is 0 Å². The maximum Gasteiger partial charge on any atom is 0.243 e. The highest BCUT2D eigenvalue weighted by molar-refractivity contribution is 7.89. The summed E-state index contributed by atoms with van der Waals surface area (Å²) in [5, 5.41) is 2.93. The number of nitrogens with one attached hydrogen (secondary N) is 2. The van der Waals surface area contributed by atoms with Gasteiger partial charge in [0.2, 0.25) is 15.9 Å². The lowest BCUT2D eigenvalue weighted by Gasteiger charge is -2.14. The van der Waals surface area contributed by atoms with E-state index in [-0.39, 0.29) is 10.4 Å². The molecule has 2 rings (SSSR count). The number of aromatic nitrogens is 1. The second-order valence-electron chi connectivity index (χ2n) is 4.51. The van der Waals surface area contributed by atoms with Crippen LogP contribution in [-0.2, 0) is 14.8 Å². The first-order chi connectivity index (χ1) is 9.86. The molecule has 1 aromatic carbocycles. The summed E-state index contributed by atoms with van der Waals surface area (Å²) in [6.45, 7) is 1.46. The van der Waals surface area contributed by atoms with Gasteiger partial charge in [0.05, 0.1) is 11.6 Å². The van der Waals surface area contributed by atoms with Crippen molar-refractivity contribution in [2.24, 2.45) is 0 Å². The van der Waals surface area contributed by atoms with Crippen molar-refractivity contribution < 1.29 is 13.2 Å². The average Bonchev–Trinajstić information content (AvgIpc) is 2.46. The first-order valence-electron chi connectivity index (χ1n) is 6.24. The summed E-state index contributed by atoms with van der Waals surface area (Å²) in [5.74, 6) is -0.425. The Balaban J connectivity index is 2.51. The van der Waals surface area contributed by atoms with E-state index in [2.05, 4.69) is 15.0 Å². The van der Waals surface area contributed by atoms with E-state index in [9.17, 15) is 13.2 Å².